The third kappa shape index (κ3) is 5.56. The number of benzene rings is 1. The maximum Gasteiger partial charge on any atom is 0.192 e. The topological polar surface area (TPSA) is 76.4 Å². The van der Waals surface area contributed by atoms with Crippen LogP contribution in [-0.2, 0) is 20.0 Å². The van der Waals surface area contributed by atoms with Gasteiger partial charge in [0.25, 0.3) is 0 Å². The summed E-state index contributed by atoms with van der Waals surface area (Å²) in [4.78, 5) is 5.97. The van der Waals surface area contributed by atoms with Gasteiger partial charge in [-0.15, -0.1) is 21.5 Å². The Labute approximate surface area is 180 Å². The van der Waals surface area contributed by atoms with Gasteiger partial charge in [-0.3, -0.25) is 0 Å². The largest absolute Gasteiger partial charge is 0.494 e. The summed E-state index contributed by atoms with van der Waals surface area (Å²) in [6.45, 7) is 4.98. The van der Waals surface area contributed by atoms with Crippen LogP contribution in [0.25, 0.3) is 0 Å². The van der Waals surface area contributed by atoms with Crippen LogP contribution >= 0.6 is 11.3 Å². The quantitative estimate of drug-likeness (QED) is 0.423. The van der Waals surface area contributed by atoms with E-state index in [2.05, 4.69) is 37.3 Å². The van der Waals surface area contributed by atoms with Crippen LogP contribution in [0.4, 0.5) is 4.39 Å². The molecule has 0 radical (unpaired) electrons. The number of halogens is 1. The second kappa shape index (κ2) is 10.2. The van der Waals surface area contributed by atoms with Crippen molar-refractivity contribution in [3.8, 4) is 5.75 Å². The van der Waals surface area contributed by atoms with Crippen molar-refractivity contribution in [3.05, 3.63) is 63.6 Å². The zero-order chi connectivity index (χ0) is 21.5. The molecule has 0 bridgehead atoms. The molecule has 0 aliphatic heterocycles. The lowest BCUT2D eigenvalue weighted by Gasteiger charge is -2.19. The Morgan fingerprint density at radius 1 is 1.33 bits per heavy atom. The maximum atomic E-state index is 14.1. The predicted octanol–water partition coefficient (Wildman–Crippen LogP) is 3.37. The Kier molecular flexibility index (Phi) is 7.40. The number of aliphatic imine (C=N–C) groups is 1. The molecule has 1 aromatic carbocycles. The highest BCUT2D eigenvalue weighted by Crippen LogP contribution is 2.21. The molecule has 0 saturated heterocycles. The average Bonchev–Trinajstić information content (AvgIpc) is 3.36. The summed E-state index contributed by atoms with van der Waals surface area (Å²) in [5.74, 6) is 2.09. The number of nitrogens with zero attached hydrogens (tertiary/aromatic N) is 4. The van der Waals surface area contributed by atoms with Gasteiger partial charge in [-0.25, -0.2) is 9.38 Å². The third-order valence-corrected chi connectivity index (χ3v) is 5.77. The van der Waals surface area contributed by atoms with Crippen LogP contribution < -0.4 is 15.4 Å². The van der Waals surface area contributed by atoms with Gasteiger partial charge >= 0.3 is 0 Å². The molecule has 3 aromatic rings. The minimum Gasteiger partial charge on any atom is -0.494 e. The van der Waals surface area contributed by atoms with Gasteiger partial charge in [0.05, 0.1) is 13.2 Å². The van der Waals surface area contributed by atoms with Crippen molar-refractivity contribution in [1.82, 2.24) is 25.4 Å². The number of ether oxygens (including phenoxy) is 1. The van der Waals surface area contributed by atoms with E-state index in [1.165, 1.54) is 18.1 Å². The molecule has 2 aromatic heterocycles. The van der Waals surface area contributed by atoms with E-state index in [9.17, 15) is 4.39 Å². The van der Waals surface area contributed by atoms with E-state index in [0.29, 0.717) is 12.5 Å². The Hall–Kier alpha value is -2.94. The number of guanidine groups is 1. The van der Waals surface area contributed by atoms with Crippen molar-refractivity contribution in [2.24, 2.45) is 12.0 Å². The van der Waals surface area contributed by atoms with E-state index in [0.717, 1.165) is 30.2 Å². The van der Waals surface area contributed by atoms with Crippen LogP contribution in [0, 0.1) is 12.7 Å². The molecule has 1 atom stereocenters. The summed E-state index contributed by atoms with van der Waals surface area (Å²) >= 11 is 1.73. The van der Waals surface area contributed by atoms with E-state index >= 15 is 0 Å². The van der Waals surface area contributed by atoms with Crippen molar-refractivity contribution in [2.75, 3.05) is 13.7 Å². The van der Waals surface area contributed by atoms with Gasteiger partial charge in [0, 0.05) is 18.5 Å². The highest BCUT2D eigenvalue weighted by Gasteiger charge is 2.12. The molecule has 0 saturated carbocycles. The lowest BCUT2D eigenvalue weighted by atomic mass is 10.1. The highest BCUT2D eigenvalue weighted by molar-refractivity contribution is 7.09. The van der Waals surface area contributed by atoms with Gasteiger partial charge in [-0.1, -0.05) is 12.1 Å². The summed E-state index contributed by atoms with van der Waals surface area (Å²) in [6, 6.07) is 8.96. The Morgan fingerprint density at radius 2 is 2.17 bits per heavy atom. The van der Waals surface area contributed by atoms with E-state index in [4.69, 9.17) is 4.74 Å². The van der Waals surface area contributed by atoms with Crippen molar-refractivity contribution in [2.45, 2.75) is 32.9 Å². The van der Waals surface area contributed by atoms with Crippen molar-refractivity contribution < 1.29 is 9.13 Å². The fourth-order valence-corrected chi connectivity index (χ4v) is 3.60. The monoisotopic (exact) mass is 430 g/mol. The zero-order valence-corrected chi connectivity index (χ0v) is 18.5. The first kappa shape index (κ1) is 21.8. The molecule has 0 amide bonds. The summed E-state index contributed by atoms with van der Waals surface area (Å²) in [5, 5.41) is 17.0. The van der Waals surface area contributed by atoms with Crippen LogP contribution in [0.1, 0.15) is 35.1 Å². The standard InChI is InChI=1S/C21H27FN6OS/c1-14(16-7-8-19(29-4)18(22)12-16)25-21(23-10-9-17-6-5-11-30-17)24-13-20-27-26-15(2)28(20)3/h5-8,11-12,14H,9-10,13H2,1-4H3,(H2,23,24,25). The number of nitrogens with one attached hydrogen (secondary N) is 2. The molecule has 1 unspecified atom stereocenters. The molecule has 0 aliphatic rings. The van der Waals surface area contributed by atoms with E-state index in [1.54, 1.807) is 17.4 Å². The fraction of sp³-hybridized carbons (Fsp3) is 0.381. The summed E-state index contributed by atoms with van der Waals surface area (Å²) in [5.41, 5.74) is 0.801. The van der Waals surface area contributed by atoms with Gasteiger partial charge in [0.15, 0.2) is 23.4 Å². The first-order chi connectivity index (χ1) is 14.5. The van der Waals surface area contributed by atoms with E-state index < -0.39 is 0 Å². The van der Waals surface area contributed by atoms with Crippen LogP contribution in [0.15, 0.2) is 40.7 Å². The van der Waals surface area contributed by atoms with Crippen molar-refractivity contribution in [3.63, 3.8) is 0 Å². The van der Waals surface area contributed by atoms with Gasteiger partial charge in [-0.2, -0.15) is 0 Å². The van der Waals surface area contributed by atoms with Crippen LogP contribution in [0.3, 0.4) is 0 Å². The molecule has 2 heterocycles. The molecule has 160 valence electrons. The number of hydrogen-bond donors (Lipinski definition) is 2. The number of aromatic nitrogens is 3. The molecule has 30 heavy (non-hydrogen) atoms. The molecule has 3 rings (SSSR count). The number of thiophene rings is 1. The maximum absolute atomic E-state index is 14.1. The van der Waals surface area contributed by atoms with Crippen molar-refractivity contribution >= 4 is 17.3 Å². The Bertz CT molecular complexity index is 986. The number of methoxy groups -OCH3 is 1. The Balaban J connectivity index is 1.70. The minimum atomic E-state index is -0.387. The summed E-state index contributed by atoms with van der Waals surface area (Å²) in [6.07, 6.45) is 0.896. The van der Waals surface area contributed by atoms with Gasteiger partial charge in [-0.05, 0) is 49.4 Å². The van der Waals surface area contributed by atoms with Crippen LogP contribution in [-0.4, -0.2) is 34.4 Å². The van der Waals surface area contributed by atoms with Crippen molar-refractivity contribution in [1.29, 1.82) is 0 Å². The summed E-state index contributed by atoms with van der Waals surface area (Å²) in [7, 11) is 3.37. The Morgan fingerprint density at radius 3 is 2.80 bits per heavy atom. The van der Waals surface area contributed by atoms with Gasteiger partial charge in [0.2, 0.25) is 0 Å². The zero-order valence-electron chi connectivity index (χ0n) is 17.6. The SMILES string of the molecule is COc1ccc(C(C)NC(=NCc2nnc(C)n2C)NCCc2cccs2)cc1F. The summed E-state index contributed by atoms with van der Waals surface area (Å²) < 4.78 is 21.0. The second-order valence-corrected chi connectivity index (χ2v) is 7.94. The van der Waals surface area contributed by atoms with Gasteiger partial charge in [0.1, 0.15) is 12.4 Å². The molecular weight excluding hydrogens is 403 g/mol. The fourth-order valence-electron chi connectivity index (χ4n) is 2.89. The third-order valence-electron chi connectivity index (χ3n) is 4.83. The lowest BCUT2D eigenvalue weighted by molar-refractivity contribution is 0.386. The second-order valence-electron chi connectivity index (χ2n) is 6.90. The molecule has 9 heteroatoms. The number of aryl methyl sites for hydroxylation is 1. The first-order valence-electron chi connectivity index (χ1n) is 9.73. The van der Waals surface area contributed by atoms with Crippen LogP contribution in [0.5, 0.6) is 5.75 Å². The molecule has 2 N–H and O–H groups in total. The molecule has 7 nitrogen and oxygen atoms in total. The number of hydrogen-bond acceptors (Lipinski definition) is 5. The minimum absolute atomic E-state index is 0.153. The predicted molar refractivity (Wildman–Crippen MR) is 117 cm³/mol. The lowest BCUT2D eigenvalue weighted by Crippen LogP contribution is -2.39. The van der Waals surface area contributed by atoms with E-state index in [-0.39, 0.29) is 17.6 Å². The molecular formula is C21H27FN6OS. The normalized spacial score (nSPS) is 12.6. The highest BCUT2D eigenvalue weighted by atomic mass is 32.1. The van der Waals surface area contributed by atoms with Gasteiger partial charge < -0.3 is 19.9 Å². The molecule has 0 aliphatic carbocycles. The van der Waals surface area contributed by atoms with E-state index in [1.807, 2.05) is 37.6 Å². The van der Waals surface area contributed by atoms with Crippen LogP contribution in [0.2, 0.25) is 0 Å². The molecule has 0 fully saturated rings. The average molecular weight is 431 g/mol. The first-order valence-corrected chi connectivity index (χ1v) is 10.6. The smallest absolute Gasteiger partial charge is 0.192 e. The molecule has 0 spiro atoms. The number of rotatable bonds is 8.